The minimum Gasteiger partial charge on any atom is -0.366 e. The molecule has 5 N–H and O–H groups in total. The Bertz CT molecular complexity index is 744. The van der Waals surface area contributed by atoms with Crippen LogP contribution in [0, 0.1) is 0 Å². The van der Waals surface area contributed by atoms with E-state index in [1.807, 2.05) is 24.4 Å². The molecule has 7 heteroatoms. The molecular weight excluding hydrogens is 256 g/mol. The fourth-order valence-corrected chi connectivity index (χ4v) is 2.11. The van der Waals surface area contributed by atoms with Crippen molar-refractivity contribution in [2.24, 2.45) is 0 Å². The molecule has 2 aromatic heterocycles. The highest BCUT2D eigenvalue weighted by Gasteiger charge is 2.10. The van der Waals surface area contributed by atoms with Crippen LogP contribution in [0.25, 0.3) is 10.9 Å². The molecule has 1 amide bonds. The van der Waals surface area contributed by atoms with E-state index in [2.05, 4.69) is 31.5 Å². The Hall–Kier alpha value is -2.83. The Morgan fingerprint density at radius 2 is 2.20 bits per heavy atom. The molecule has 102 valence electrons. The number of anilines is 1. The third-order valence-electron chi connectivity index (χ3n) is 3.07. The standard InChI is InChI=1S/C13H14N6O/c14-13-17-11(18-19-13)12(20)15-6-5-8-7-16-10-4-2-1-3-9(8)10/h1-4,7,16H,5-6H2,(H,15,20)(H3,14,17,18,19). The lowest BCUT2D eigenvalue weighted by Gasteiger charge is -2.02. The largest absolute Gasteiger partial charge is 0.366 e. The van der Waals surface area contributed by atoms with Gasteiger partial charge in [-0.05, 0) is 18.1 Å². The first-order valence-electron chi connectivity index (χ1n) is 6.25. The average Bonchev–Trinajstić information content (AvgIpc) is 3.06. The molecular formula is C13H14N6O. The van der Waals surface area contributed by atoms with Crippen LogP contribution in [0.4, 0.5) is 5.95 Å². The summed E-state index contributed by atoms with van der Waals surface area (Å²) in [5.41, 5.74) is 7.61. The molecule has 0 radical (unpaired) electrons. The number of nitrogens with two attached hydrogens (primary N) is 1. The zero-order valence-corrected chi connectivity index (χ0v) is 10.7. The van der Waals surface area contributed by atoms with Crippen LogP contribution in [-0.4, -0.2) is 32.6 Å². The fraction of sp³-hybridized carbons (Fsp3) is 0.154. The maximum atomic E-state index is 11.7. The number of H-pyrrole nitrogens is 2. The predicted octanol–water partition coefficient (Wildman–Crippen LogP) is 0.841. The van der Waals surface area contributed by atoms with Gasteiger partial charge in [0.1, 0.15) is 0 Å². The van der Waals surface area contributed by atoms with Gasteiger partial charge in [-0.2, -0.15) is 4.98 Å². The average molecular weight is 270 g/mol. The molecule has 3 aromatic rings. The van der Waals surface area contributed by atoms with E-state index in [1.165, 1.54) is 5.39 Å². The number of nitrogen functional groups attached to an aromatic ring is 1. The second-order valence-corrected chi connectivity index (χ2v) is 4.41. The van der Waals surface area contributed by atoms with Gasteiger partial charge in [-0.1, -0.05) is 18.2 Å². The first-order valence-corrected chi connectivity index (χ1v) is 6.25. The van der Waals surface area contributed by atoms with Gasteiger partial charge in [0.25, 0.3) is 5.91 Å². The van der Waals surface area contributed by atoms with Crippen LogP contribution in [-0.2, 0) is 6.42 Å². The maximum absolute atomic E-state index is 11.7. The van der Waals surface area contributed by atoms with Crippen LogP contribution < -0.4 is 11.1 Å². The topological polar surface area (TPSA) is 112 Å². The number of nitrogens with one attached hydrogen (secondary N) is 3. The SMILES string of the molecule is Nc1n[nH]c(C(=O)NCCc2c[nH]c3ccccc23)n1. The lowest BCUT2D eigenvalue weighted by molar-refractivity contribution is 0.0944. The Balaban J connectivity index is 1.61. The molecule has 1 aromatic carbocycles. The predicted molar refractivity (Wildman–Crippen MR) is 75.1 cm³/mol. The van der Waals surface area contributed by atoms with E-state index >= 15 is 0 Å². The summed E-state index contributed by atoms with van der Waals surface area (Å²) >= 11 is 0. The van der Waals surface area contributed by atoms with E-state index < -0.39 is 0 Å². The molecule has 0 saturated carbocycles. The van der Waals surface area contributed by atoms with Crippen molar-refractivity contribution in [1.29, 1.82) is 0 Å². The molecule has 0 saturated heterocycles. The summed E-state index contributed by atoms with van der Waals surface area (Å²) in [7, 11) is 0. The molecule has 20 heavy (non-hydrogen) atoms. The molecule has 0 aliphatic carbocycles. The second-order valence-electron chi connectivity index (χ2n) is 4.41. The van der Waals surface area contributed by atoms with E-state index in [9.17, 15) is 4.79 Å². The van der Waals surface area contributed by atoms with Gasteiger partial charge in [0.2, 0.25) is 11.8 Å². The number of aromatic amines is 2. The van der Waals surface area contributed by atoms with Crippen molar-refractivity contribution in [2.45, 2.75) is 6.42 Å². The minimum absolute atomic E-state index is 0.0618. The van der Waals surface area contributed by atoms with E-state index in [1.54, 1.807) is 0 Å². The van der Waals surface area contributed by atoms with Crippen LogP contribution >= 0.6 is 0 Å². The van der Waals surface area contributed by atoms with Crippen molar-refractivity contribution in [3.63, 3.8) is 0 Å². The van der Waals surface area contributed by atoms with Gasteiger partial charge in [0.15, 0.2) is 0 Å². The fourth-order valence-electron chi connectivity index (χ4n) is 2.11. The highest BCUT2D eigenvalue weighted by molar-refractivity contribution is 5.90. The van der Waals surface area contributed by atoms with Crippen LogP contribution in [0.15, 0.2) is 30.5 Å². The van der Waals surface area contributed by atoms with Gasteiger partial charge >= 0.3 is 0 Å². The number of benzene rings is 1. The van der Waals surface area contributed by atoms with Crippen LogP contribution in [0.3, 0.4) is 0 Å². The summed E-state index contributed by atoms with van der Waals surface area (Å²) in [4.78, 5) is 18.7. The molecule has 0 atom stereocenters. The molecule has 0 bridgehead atoms. The highest BCUT2D eigenvalue weighted by Crippen LogP contribution is 2.17. The van der Waals surface area contributed by atoms with E-state index in [4.69, 9.17) is 5.73 Å². The van der Waals surface area contributed by atoms with Gasteiger partial charge in [0.05, 0.1) is 0 Å². The first-order chi connectivity index (χ1) is 9.74. The highest BCUT2D eigenvalue weighted by atomic mass is 16.2. The number of carbonyl (C=O) groups excluding carboxylic acids is 1. The van der Waals surface area contributed by atoms with Crippen LogP contribution in [0.5, 0.6) is 0 Å². The molecule has 7 nitrogen and oxygen atoms in total. The third-order valence-corrected chi connectivity index (χ3v) is 3.07. The summed E-state index contributed by atoms with van der Waals surface area (Å²) in [6.07, 6.45) is 2.70. The number of para-hydroxylation sites is 1. The number of hydrogen-bond donors (Lipinski definition) is 4. The van der Waals surface area contributed by atoms with Gasteiger partial charge in [0, 0.05) is 23.6 Å². The quantitative estimate of drug-likeness (QED) is 0.562. The number of rotatable bonds is 4. The first kappa shape index (κ1) is 12.2. The summed E-state index contributed by atoms with van der Waals surface area (Å²) in [6, 6.07) is 8.06. The van der Waals surface area contributed by atoms with Gasteiger partial charge < -0.3 is 16.0 Å². The molecule has 2 heterocycles. The Labute approximate surface area is 114 Å². The normalized spacial score (nSPS) is 10.8. The van der Waals surface area contributed by atoms with Crippen molar-refractivity contribution in [3.8, 4) is 0 Å². The smallest absolute Gasteiger partial charge is 0.288 e. The molecule has 3 rings (SSSR count). The van der Waals surface area contributed by atoms with Crippen molar-refractivity contribution < 1.29 is 4.79 Å². The summed E-state index contributed by atoms with van der Waals surface area (Å²) < 4.78 is 0. The molecule has 0 aliphatic heterocycles. The second kappa shape index (κ2) is 5.04. The van der Waals surface area contributed by atoms with E-state index in [-0.39, 0.29) is 17.7 Å². The van der Waals surface area contributed by atoms with Gasteiger partial charge in [-0.25, -0.2) is 0 Å². The van der Waals surface area contributed by atoms with Gasteiger partial charge in [-0.3, -0.25) is 9.89 Å². The van der Waals surface area contributed by atoms with Crippen molar-refractivity contribution in [1.82, 2.24) is 25.5 Å². The summed E-state index contributed by atoms with van der Waals surface area (Å²) in [5.74, 6) is -0.123. The van der Waals surface area contributed by atoms with Crippen molar-refractivity contribution >= 4 is 22.8 Å². The molecule has 0 aliphatic rings. The lowest BCUT2D eigenvalue weighted by atomic mass is 10.1. The Morgan fingerprint density at radius 1 is 1.35 bits per heavy atom. The number of carbonyl (C=O) groups is 1. The van der Waals surface area contributed by atoms with Crippen LogP contribution in [0.2, 0.25) is 0 Å². The van der Waals surface area contributed by atoms with Gasteiger partial charge in [-0.15, -0.1) is 5.10 Å². The Morgan fingerprint density at radius 3 is 3.00 bits per heavy atom. The molecule has 0 fully saturated rings. The zero-order valence-electron chi connectivity index (χ0n) is 10.7. The van der Waals surface area contributed by atoms with E-state index in [0.717, 1.165) is 17.5 Å². The number of amides is 1. The number of fused-ring (bicyclic) bond motifs is 1. The Kier molecular flexibility index (Phi) is 3.08. The summed E-state index contributed by atoms with van der Waals surface area (Å²) in [5, 5.41) is 10.0. The third kappa shape index (κ3) is 2.33. The van der Waals surface area contributed by atoms with Crippen LogP contribution in [0.1, 0.15) is 16.2 Å². The van der Waals surface area contributed by atoms with Crippen molar-refractivity contribution in [2.75, 3.05) is 12.3 Å². The lowest BCUT2D eigenvalue weighted by Crippen LogP contribution is -2.26. The molecule has 0 spiro atoms. The number of hydrogen-bond acceptors (Lipinski definition) is 4. The minimum atomic E-state index is -0.311. The maximum Gasteiger partial charge on any atom is 0.288 e. The molecule has 0 unspecified atom stereocenters. The van der Waals surface area contributed by atoms with Crippen molar-refractivity contribution in [3.05, 3.63) is 41.9 Å². The summed E-state index contributed by atoms with van der Waals surface area (Å²) in [6.45, 7) is 0.515. The monoisotopic (exact) mass is 270 g/mol. The van der Waals surface area contributed by atoms with E-state index in [0.29, 0.717) is 6.54 Å². The zero-order chi connectivity index (χ0) is 13.9. The number of nitrogens with zero attached hydrogens (tertiary/aromatic N) is 2. The number of aromatic nitrogens is 4.